The van der Waals surface area contributed by atoms with Crippen molar-refractivity contribution in [2.45, 2.75) is 37.0 Å². The molecule has 7 nitrogen and oxygen atoms in total. The van der Waals surface area contributed by atoms with Crippen molar-refractivity contribution < 1.29 is 22.3 Å². The van der Waals surface area contributed by atoms with Gasteiger partial charge in [-0.05, 0) is 43.5 Å². The lowest BCUT2D eigenvalue weighted by Crippen LogP contribution is -2.38. The van der Waals surface area contributed by atoms with Gasteiger partial charge >= 0.3 is 5.97 Å². The summed E-state index contributed by atoms with van der Waals surface area (Å²) < 4.78 is 45.5. The zero-order valence-corrected chi connectivity index (χ0v) is 16.1. The number of hydrogen-bond acceptors (Lipinski definition) is 5. The highest BCUT2D eigenvalue weighted by atomic mass is 32.2. The van der Waals surface area contributed by atoms with Gasteiger partial charge in [0.05, 0.1) is 19.2 Å². The summed E-state index contributed by atoms with van der Waals surface area (Å²) >= 11 is 0. The first-order chi connectivity index (χ1) is 12.8. The third-order valence-electron chi connectivity index (χ3n) is 4.79. The normalized spacial score (nSPS) is 16.4. The summed E-state index contributed by atoms with van der Waals surface area (Å²) in [5.74, 6) is -1.00. The molecular formula is C18H22FN3O4S. The average molecular weight is 395 g/mol. The molecule has 0 radical (unpaired) electrons. The van der Waals surface area contributed by atoms with Gasteiger partial charge in [-0.3, -0.25) is 9.89 Å². The Morgan fingerprint density at radius 1 is 1.33 bits per heavy atom. The molecule has 1 aliphatic rings. The predicted octanol–water partition coefficient (Wildman–Crippen LogP) is 2.14. The van der Waals surface area contributed by atoms with E-state index in [0.717, 1.165) is 5.69 Å². The fourth-order valence-electron chi connectivity index (χ4n) is 3.25. The fraction of sp³-hybridized carbons (Fsp3) is 0.444. The minimum atomic E-state index is -3.87. The molecule has 1 aromatic carbocycles. The molecule has 0 atom stereocenters. The molecule has 1 N–H and O–H groups in total. The third kappa shape index (κ3) is 4.19. The summed E-state index contributed by atoms with van der Waals surface area (Å²) in [6.45, 7) is 2.31. The van der Waals surface area contributed by atoms with Crippen LogP contribution in [0.2, 0.25) is 0 Å². The molecule has 0 spiro atoms. The molecule has 0 unspecified atom stereocenters. The first-order valence-electron chi connectivity index (χ1n) is 8.68. The Kier molecular flexibility index (Phi) is 5.61. The van der Waals surface area contributed by atoms with Gasteiger partial charge in [0, 0.05) is 24.7 Å². The molecule has 0 amide bonds. The van der Waals surface area contributed by atoms with Crippen LogP contribution in [0.4, 0.5) is 4.39 Å². The van der Waals surface area contributed by atoms with Crippen molar-refractivity contribution in [2.24, 2.45) is 0 Å². The lowest BCUT2D eigenvalue weighted by atomic mass is 9.94. The number of halogens is 1. The maximum Gasteiger partial charge on any atom is 0.311 e. The van der Waals surface area contributed by atoms with Crippen LogP contribution < -0.4 is 0 Å². The van der Waals surface area contributed by atoms with Crippen LogP contribution in [0.25, 0.3) is 0 Å². The minimum absolute atomic E-state index is 0.0847. The molecule has 9 heteroatoms. The largest absolute Gasteiger partial charge is 0.469 e. The first-order valence-corrected chi connectivity index (χ1v) is 10.1. The summed E-state index contributed by atoms with van der Waals surface area (Å²) in [6.07, 6.45) is 1.27. The summed E-state index contributed by atoms with van der Waals surface area (Å²) in [5.41, 5.74) is 2.15. The number of aryl methyl sites for hydroxylation is 1. The van der Waals surface area contributed by atoms with Crippen LogP contribution in [0.15, 0.2) is 29.2 Å². The Morgan fingerprint density at radius 2 is 2.04 bits per heavy atom. The van der Waals surface area contributed by atoms with Crippen molar-refractivity contribution in [3.8, 4) is 0 Å². The molecule has 0 bridgehead atoms. The molecule has 2 aromatic rings. The van der Waals surface area contributed by atoms with E-state index in [1.54, 1.807) is 13.0 Å². The Balaban J connectivity index is 1.68. The monoisotopic (exact) mass is 395 g/mol. The van der Waals surface area contributed by atoms with Gasteiger partial charge < -0.3 is 4.74 Å². The SMILES string of the molecule is COC(=O)Cc1cc(C2CCN(S(=O)(=O)c3cc(C)ccc3F)CC2)n[nH]1. The van der Waals surface area contributed by atoms with Crippen molar-refractivity contribution in [2.75, 3.05) is 20.2 Å². The number of hydrogen-bond donors (Lipinski definition) is 1. The second-order valence-electron chi connectivity index (χ2n) is 6.68. The van der Waals surface area contributed by atoms with Crippen molar-refractivity contribution in [3.05, 3.63) is 47.0 Å². The second-order valence-corrected chi connectivity index (χ2v) is 8.59. The molecule has 1 aliphatic heterocycles. The smallest absolute Gasteiger partial charge is 0.311 e. The number of sulfonamides is 1. The quantitative estimate of drug-likeness (QED) is 0.783. The van der Waals surface area contributed by atoms with Crippen molar-refractivity contribution in [1.82, 2.24) is 14.5 Å². The molecule has 2 heterocycles. The first kappa shape index (κ1) is 19.5. The lowest BCUT2D eigenvalue weighted by Gasteiger charge is -2.30. The Bertz CT molecular complexity index is 934. The van der Waals surface area contributed by atoms with Crippen molar-refractivity contribution >= 4 is 16.0 Å². The number of aromatic amines is 1. The van der Waals surface area contributed by atoms with E-state index in [1.165, 1.54) is 23.5 Å². The number of carbonyl (C=O) groups is 1. The van der Waals surface area contributed by atoms with E-state index in [4.69, 9.17) is 0 Å². The van der Waals surface area contributed by atoms with Gasteiger partial charge in [-0.25, -0.2) is 12.8 Å². The summed E-state index contributed by atoms with van der Waals surface area (Å²) in [7, 11) is -2.54. The van der Waals surface area contributed by atoms with Crippen molar-refractivity contribution in [1.29, 1.82) is 0 Å². The molecule has 1 aromatic heterocycles. The van der Waals surface area contributed by atoms with Gasteiger partial charge in [-0.15, -0.1) is 0 Å². The number of H-pyrrole nitrogens is 1. The number of esters is 1. The van der Waals surface area contributed by atoms with E-state index >= 15 is 0 Å². The van der Waals surface area contributed by atoms with Crippen LogP contribution >= 0.6 is 0 Å². The number of methoxy groups -OCH3 is 1. The average Bonchev–Trinajstić information content (AvgIpc) is 3.12. The van der Waals surface area contributed by atoms with Crippen LogP contribution in [0.5, 0.6) is 0 Å². The molecule has 0 saturated carbocycles. The zero-order chi connectivity index (χ0) is 19.6. The maximum atomic E-state index is 14.0. The number of rotatable bonds is 5. The van der Waals surface area contributed by atoms with Crippen LogP contribution in [0.3, 0.4) is 0 Å². The Morgan fingerprint density at radius 3 is 2.70 bits per heavy atom. The number of nitrogens with one attached hydrogen (secondary N) is 1. The summed E-state index contributed by atoms with van der Waals surface area (Å²) in [6, 6.07) is 5.90. The number of carbonyl (C=O) groups excluding carboxylic acids is 1. The molecular weight excluding hydrogens is 373 g/mol. The second kappa shape index (κ2) is 7.77. The Hall–Kier alpha value is -2.26. The van der Waals surface area contributed by atoms with Gasteiger partial charge in [-0.2, -0.15) is 9.40 Å². The summed E-state index contributed by atoms with van der Waals surface area (Å²) in [4.78, 5) is 11.1. The highest BCUT2D eigenvalue weighted by Crippen LogP contribution is 2.31. The topological polar surface area (TPSA) is 92.4 Å². The van der Waals surface area contributed by atoms with Crippen LogP contribution in [-0.4, -0.2) is 49.1 Å². The van der Waals surface area contributed by atoms with Gasteiger partial charge in [-0.1, -0.05) is 6.07 Å². The fourth-order valence-corrected chi connectivity index (χ4v) is 4.87. The van der Waals surface area contributed by atoms with E-state index in [2.05, 4.69) is 14.9 Å². The molecule has 0 aliphatic carbocycles. The van der Waals surface area contributed by atoms with E-state index in [-0.39, 0.29) is 23.2 Å². The molecule has 3 rings (SSSR count). The summed E-state index contributed by atoms with van der Waals surface area (Å²) in [5, 5.41) is 7.05. The van der Waals surface area contributed by atoms with E-state index in [9.17, 15) is 17.6 Å². The highest BCUT2D eigenvalue weighted by Gasteiger charge is 2.32. The molecule has 1 saturated heterocycles. The van der Waals surface area contributed by atoms with Crippen LogP contribution in [0, 0.1) is 12.7 Å². The van der Waals surface area contributed by atoms with Crippen LogP contribution in [-0.2, 0) is 26.0 Å². The van der Waals surface area contributed by atoms with E-state index in [0.29, 0.717) is 37.2 Å². The van der Waals surface area contributed by atoms with E-state index < -0.39 is 15.8 Å². The number of nitrogens with zero attached hydrogens (tertiary/aromatic N) is 2. The van der Waals surface area contributed by atoms with Gasteiger partial charge in [0.2, 0.25) is 10.0 Å². The molecule has 27 heavy (non-hydrogen) atoms. The number of aromatic nitrogens is 2. The lowest BCUT2D eigenvalue weighted by molar-refractivity contribution is -0.139. The van der Waals surface area contributed by atoms with Crippen LogP contribution in [0.1, 0.15) is 35.7 Å². The van der Waals surface area contributed by atoms with Gasteiger partial charge in [0.1, 0.15) is 10.7 Å². The number of piperidine rings is 1. The third-order valence-corrected chi connectivity index (χ3v) is 6.70. The molecule has 146 valence electrons. The maximum absolute atomic E-state index is 14.0. The predicted molar refractivity (Wildman–Crippen MR) is 96.2 cm³/mol. The highest BCUT2D eigenvalue weighted by molar-refractivity contribution is 7.89. The minimum Gasteiger partial charge on any atom is -0.469 e. The Labute approximate surface area is 157 Å². The van der Waals surface area contributed by atoms with Crippen molar-refractivity contribution in [3.63, 3.8) is 0 Å². The number of ether oxygens (including phenoxy) is 1. The van der Waals surface area contributed by atoms with E-state index in [1.807, 2.05) is 6.07 Å². The van der Waals surface area contributed by atoms with Gasteiger partial charge in [0.25, 0.3) is 0 Å². The standard InChI is InChI=1S/C18H22FN3O4S/c1-12-3-4-15(19)17(9-12)27(24,25)22-7-5-13(6-8-22)16-10-14(20-21-16)11-18(23)26-2/h3-4,9-10,13H,5-8,11H2,1-2H3,(H,20,21). The zero-order valence-electron chi connectivity index (χ0n) is 15.2. The molecule has 1 fully saturated rings. The van der Waals surface area contributed by atoms with Gasteiger partial charge in [0.15, 0.2) is 0 Å². The number of benzene rings is 1.